The minimum atomic E-state index is 0.277. The maximum absolute atomic E-state index is 5.91. The highest BCUT2D eigenvalue weighted by atomic mass is 32.1. The van der Waals surface area contributed by atoms with Crippen LogP contribution in [0.1, 0.15) is 20.9 Å². The van der Waals surface area contributed by atoms with Crippen LogP contribution in [0.3, 0.4) is 0 Å². The van der Waals surface area contributed by atoms with Crippen molar-refractivity contribution in [2.75, 3.05) is 6.54 Å². The monoisotopic (exact) mass is 273 g/mol. The van der Waals surface area contributed by atoms with Crippen molar-refractivity contribution in [3.8, 4) is 5.75 Å². The molecule has 0 saturated carbocycles. The Hall–Kier alpha value is -1.32. The van der Waals surface area contributed by atoms with E-state index in [-0.39, 0.29) is 6.10 Å². The van der Waals surface area contributed by atoms with E-state index in [1.807, 2.05) is 17.4 Å². The highest BCUT2D eigenvalue weighted by molar-refractivity contribution is 7.12. The zero-order valence-corrected chi connectivity index (χ0v) is 12.2. The molecule has 0 radical (unpaired) electrons. The second-order valence-corrected chi connectivity index (χ2v) is 6.48. The van der Waals surface area contributed by atoms with Gasteiger partial charge in [0.25, 0.3) is 0 Å². The van der Waals surface area contributed by atoms with Gasteiger partial charge in [-0.05, 0) is 37.1 Å². The molecule has 2 heterocycles. The largest absolute Gasteiger partial charge is 0.488 e. The van der Waals surface area contributed by atoms with Crippen LogP contribution in [-0.2, 0) is 13.0 Å². The highest BCUT2D eigenvalue weighted by Gasteiger charge is 2.21. The molecular weight excluding hydrogens is 254 g/mol. The summed E-state index contributed by atoms with van der Waals surface area (Å²) in [7, 11) is 0. The molecular formula is C16H19NOS. The minimum absolute atomic E-state index is 0.277. The third kappa shape index (κ3) is 2.82. The van der Waals surface area contributed by atoms with Crippen molar-refractivity contribution in [2.24, 2.45) is 0 Å². The van der Waals surface area contributed by atoms with E-state index >= 15 is 0 Å². The lowest BCUT2D eigenvalue weighted by Crippen LogP contribution is -2.29. The van der Waals surface area contributed by atoms with E-state index < -0.39 is 0 Å². The number of hydrogen-bond acceptors (Lipinski definition) is 3. The number of benzene rings is 1. The normalized spacial score (nSPS) is 17.3. The number of rotatable bonds is 4. The van der Waals surface area contributed by atoms with E-state index in [4.69, 9.17) is 4.74 Å². The molecule has 3 rings (SSSR count). The summed E-state index contributed by atoms with van der Waals surface area (Å²) in [5.74, 6) is 1.05. The van der Waals surface area contributed by atoms with Crippen molar-refractivity contribution >= 4 is 11.3 Å². The van der Waals surface area contributed by atoms with E-state index in [2.05, 4.69) is 43.4 Å². The van der Waals surface area contributed by atoms with Crippen LogP contribution in [0.5, 0.6) is 5.75 Å². The van der Waals surface area contributed by atoms with Gasteiger partial charge in [-0.2, -0.15) is 0 Å². The van der Waals surface area contributed by atoms with Gasteiger partial charge in [0, 0.05) is 29.3 Å². The third-order valence-corrected chi connectivity index (χ3v) is 4.75. The molecule has 0 amide bonds. The summed E-state index contributed by atoms with van der Waals surface area (Å²) < 4.78 is 5.91. The minimum Gasteiger partial charge on any atom is -0.488 e. The van der Waals surface area contributed by atoms with E-state index in [1.165, 1.54) is 20.9 Å². The summed E-state index contributed by atoms with van der Waals surface area (Å²) in [5.41, 5.74) is 2.73. The van der Waals surface area contributed by atoms with Gasteiger partial charge in [-0.15, -0.1) is 11.3 Å². The molecule has 2 nitrogen and oxygen atoms in total. The molecule has 1 aromatic heterocycles. The predicted molar refractivity (Wildman–Crippen MR) is 80.1 cm³/mol. The van der Waals surface area contributed by atoms with Crippen molar-refractivity contribution in [2.45, 2.75) is 32.9 Å². The van der Waals surface area contributed by atoms with E-state index in [1.54, 1.807) is 0 Å². The van der Waals surface area contributed by atoms with Crippen molar-refractivity contribution in [1.29, 1.82) is 0 Å². The molecule has 0 aliphatic carbocycles. The highest BCUT2D eigenvalue weighted by Crippen LogP contribution is 2.27. The number of aryl methyl sites for hydroxylation is 2. The molecule has 0 bridgehead atoms. The SMILES string of the molecule is Cc1cc(CNCC2Cc3ccccc3O2)sc1C. The van der Waals surface area contributed by atoms with E-state index in [0.29, 0.717) is 0 Å². The summed E-state index contributed by atoms with van der Waals surface area (Å²) in [4.78, 5) is 2.83. The van der Waals surface area contributed by atoms with Crippen molar-refractivity contribution in [1.82, 2.24) is 5.32 Å². The van der Waals surface area contributed by atoms with Crippen LogP contribution in [0.2, 0.25) is 0 Å². The Labute approximate surface area is 118 Å². The van der Waals surface area contributed by atoms with Gasteiger partial charge in [0.15, 0.2) is 0 Å². The second kappa shape index (κ2) is 5.35. The Morgan fingerprint density at radius 1 is 1.32 bits per heavy atom. The second-order valence-electron chi connectivity index (χ2n) is 5.13. The van der Waals surface area contributed by atoms with Crippen LogP contribution in [0.25, 0.3) is 0 Å². The summed E-state index contributed by atoms with van der Waals surface area (Å²) >= 11 is 1.88. The topological polar surface area (TPSA) is 21.3 Å². The standard InChI is InChI=1S/C16H19NOS/c1-11-7-15(19-12(11)2)10-17-9-14-8-13-5-3-4-6-16(13)18-14/h3-7,14,17H,8-10H2,1-2H3. The molecule has 1 aliphatic heterocycles. The average molecular weight is 273 g/mol. The number of para-hydroxylation sites is 1. The lowest BCUT2D eigenvalue weighted by atomic mass is 10.1. The van der Waals surface area contributed by atoms with Gasteiger partial charge in [-0.3, -0.25) is 0 Å². The number of thiophene rings is 1. The smallest absolute Gasteiger partial charge is 0.123 e. The first-order valence-electron chi connectivity index (χ1n) is 6.73. The summed E-state index contributed by atoms with van der Waals surface area (Å²) in [5, 5.41) is 3.50. The zero-order valence-electron chi connectivity index (χ0n) is 11.4. The Bertz CT molecular complexity index is 531. The molecule has 1 N–H and O–H groups in total. The van der Waals surface area contributed by atoms with Gasteiger partial charge in [0.1, 0.15) is 11.9 Å². The van der Waals surface area contributed by atoms with Crippen LogP contribution in [0.15, 0.2) is 30.3 Å². The third-order valence-electron chi connectivity index (χ3n) is 3.60. The quantitative estimate of drug-likeness (QED) is 0.921. The van der Waals surface area contributed by atoms with Crippen LogP contribution < -0.4 is 10.1 Å². The van der Waals surface area contributed by atoms with Crippen LogP contribution >= 0.6 is 11.3 Å². The first-order valence-corrected chi connectivity index (χ1v) is 7.55. The van der Waals surface area contributed by atoms with Gasteiger partial charge in [0.2, 0.25) is 0 Å². The van der Waals surface area contributed by atoms with E-state index in [9.17, 15) is 0 Å². The maximum atomic E-state index is 5.91. The Morgan fingerprint density at radius 2 is 2.16 bits per heavy atom. The maximum Gasteiger partial charge on any atom is 0.123 e. The molecule has 2 aromatic rings. The van der Waals surface area contributed by atoms with Crippen LogP contribution in [0, 0.1) is 13.8 Å². The number of ether oxygens (including phenoxy) is 1. The molecule has 1 unspecified atom stereocenters. The molecule has 1 atom stereocenters. The average Bonchev–Trinajstić information content (AvgIpc) is 2.93. The first kappa shape index (κ1) is 12.7. The van der Waals surface area contributed by atoms with Gasteiger partial charge in [-0.25, -0.2) is 0 Å². The fourth-order valence-corrected chi connectivity index (χ4v) is 3.48. The predicted octanol–water partition coefficient (Wildman–Crippen LogP) is 3.46. The number of hydrogen-bond donors (Lipinski definition) is 1. The molecule has 3 heteroatoms. The van der Waals surface area contributed by atoms with Gasteiger partial charge in [-0.1, -0.05) is 18.2 Å². The number of nitrogens with one attached hydrogen (secondary N) is 1. The van der Waals surface area contributed by atoms with Crippen LogP contribution in [-0.4, -0.2) is 12.6 Å². The summed E-state index contributed by atoms with van der Waals surface area (Å²) in [6.45, 7) is 6.20. The molecule has 0 spiro atoms. The molecule has 19 heavy (non-hydrogen) atoms. The lowest BCUT2D eigenvalue weighted by Gasteiger charge is -2.11. The molecule has 1 aromatic carbocycles. The Morgan fingerprint density at radius 3 is 2.89 bits per heavy atom. The van der Waals surface area contributed by atoms with Gasteiger partial charge < -0.3 is 10.1 Å². The zero-order chi connectivity index (χ0) is 13.2. The lowest BCUT2D eigenvalue weighted by molar-refractivity contribution is 0.227. The first-order chi connectivity index (χ1) is 9.22. The fourth-order valence-electron chi connectivity index (χ4n) is 2.46. The Kier molecular flexibility index (Phi) is 3.58. The Balaban J connectivity index is 1.50. The fraction of sp³-hybridized carbons (Fsp3) is 0.375. The van der Waals surface area contributed by atoms with Crippen molar-refractivity contribution in [3.63, 3.8) is 0 Å². The number of fused-ring (bicyclic) bond motifs is 1. The molecule has 100 valence electrons. The molecule has 0 saturated heterocycles. The molecule has 0 fully saturated rings. The van der Waals surface area contributed by atoms with Crippen molar-refractivity contribution < 1.29 is 4.74 Å². The molecule has 1 aliphatic rings. The van der Waals surface area contributed by atoms with Crippen molar-refractivity contribution in [3.05, 3.63) is 51.2 Å². The van der Waals surface area contributed by atoms with Gasteiger partial charge in [0.05, 0.1) is 0 Å². The van der Waals surface area contributed by atoms with E-state index in [0.717, 1.165) is 25.3 Å². The van der Waals surface area contributed by atoms with Crippen LogP contribution in [0.4, 0.5) is 0 Å². The summed E-state index contributed by atoms with van der Waals surface area (Å²) in [6, 6.07) is 10.6. The van der Waals surface area contributed by atoms with Gasteiger partial charge >= 0.3 is 0 Å². The summed E-state index contributed by atoms with van der Waals surface area (Å²) in [6.07, 6.45) is 1.30.